The van der Waals surface area contributed by atoms with Gasteiger partial charge in [-0.1, -0.05) is 6.08 Å². The van der Waals surface area contributed by atoms with Crippen LogP contribution in [0.15, 0.2) is 36.2 Å². The second kappa shape index (κ2) is 7.16. The molecule has 2 atom stereocenters. The molecule has 4 rings (SSSR count). The summed E-state index contributed by atoms with van der Waals surface area (Å²) in [5, 5.41) is 0. The van der Waals surface area contributed by atoms with Crippen molar-refractivity contribution in [3.05, 3.63) is 36.2 Å². The molecule has 1 aromatic heterocycles. The average molecular weight is 342 g/mol. The number of hydrogen-bond donors (Lipinski definition) is 0. The standard InChI is InChI=1S/C20H26N2O3/c23-19(16-5-2-1-3-6-16)22-11-8-18-20(14-22,9-12-24-18)15-25-17-7-4-10-21-13-17/h4-5,7,10,13,18H,1-3,6,8-9,11-12,14-15H2/t18-,20+/m1/s1. The van der Waals surface area contributed by atoms with E-state index in [1.807, 2.05) is 17.0 Å². The largest absolute Gasteiger partial charge is 0.491 e. The van der Waals surface area contributed by atoms with Crippen LogP contribution in [0.1, 0.15) is 38.5 Å². The van der Waals surface area contributed by atoms with Crippen LogP contribution in [-0.4, -0.2) is 48.2 Å². The number of carbonyl (C=O) groups is 1. The van der Waals surface area contributed by atoms with Gasteiger partial charge in [-0.2, -0.15) is 0 Å². The van der Waals surface area contributed by atoms with E-state index in [9.17, 15) is 4.79 Å². The monoisotopic (exact) mass is 342 g/mol. The van der Waals surface area contributed by atoms with Crippen molar-refractivity contribution in [2.45, 2.75) is 44.6 Å². The highest BCUT2D eigenvalue weighted by molar-refractivity contribution is 5.93. The molecule has 1 amide bonds. The Morgan fingerprint density at radius 3 is 3.20 bits per heavy atom. The minimum Gasteiger partial charge on any atom is -0.491 e. The van der Waals surface area contributed by atoms with Crippen LogP contribution in [0.5, 0.6) is 5.75 Å². The molecule has 3 aliphatic rings. The van der Waals surface area contributed by atoms with Crippen molar-refractivity contribution in [3.63, 3.8) is 0 Å². The number of allylic oxidation sites excluding steroid dienone is 1. The molecular weight excluding hydrogens is 316 g/mol. The molecule has 1 aromatic rings. The Morgan fingerprint density at radius 2 is 2.40 bits per heavy atom. The summed E-state index contributed by atoms with van der Waals surface area (Å²) in [7, 11) is 0. The fraction of sp³-hybridized carbons (Fsp3) is 0.600. The van der Waals surface area contributed by atoms with Crippen molar-refractivity contribution in [1.82, 2.24) is 9.88 Å². The zero-order valence-corrected chi connectivity index (χ0v) is 14.7. The fourth-order valence-electron chi connectivity index (χ4n) is 4.32. The van der Waals surface area contributed by atoms with E-state index in [0.717, 1.165) is 63.1 Å². The first kappa shape index (κ1) is 16.6. The van der Waals surface area contributed by atoms with Crippen LogP contribution >= 0.6 is 0 Å². The third kappa shape index (κ3) is 3.43. The van der Waals surface area contributed by atoms with Gasteiger partial charge in [0.05, 0.1) is 24.3 Å². The summed E-state index contributed by atoms with van der Waals surface area (Å²) in [6, 6.07) is 3.80. The van der Waals surface area contributed by atoms with Crippen molar-refractivity contribution in [2.24, 2.45) is 5.41 Å². The summed E-state index contributed by atoms with van der Waals surface area (Å²) >= 11 is 0. The lowest BCUT2D eigenvalue weighted by Gasteiger charge is -2.43. The van der Waals surface area contributed by atoms with Gasteiger partial charge < -0.3 is 14.4 Å². The molecule has 0 radical (unpaired) electrons. The number of fused-ring (bicyclic) bond motifs is 1. The van der Waals surface area contributed by atoms with Gasteiger partial charge in [-0.05, 0) is 50.7 Å². The van der Waals surface area contributed by atoms with E-state index in [4.69, 9.17) is 9.47 Å². The normalized spacial score (nSPS) is 29.0. The summed E-state index contributed by atoms with van der Waals surface area (Å²) in [5.41, 5.74) is 0.908. The lowest BCUT2D eigenvalue weighted by Crippen LogP contribution is -2.54. The molecule has 0 unspecified atom stereocenters. The first-order chi connectivity index (χ1) is 12.3. The maximum Gasteiger partial charge on any atom is 0.249 e. The van der Waals surface area contributed by atoms with Gasteiger partial charge in [-0.3, -0.25) is 9.78 Å². The molecule has 0 saturated carbocycles. The topological polar surface area (TPSA) is 51.7 Å². The van der Waals surface area contributed by atoms with Gasteiger partial charge in [-0.25, -0.2) is 0 Å². The molecule has 25 heavy (non-hydrogen) atoms. The number of likely N-dealkylation sites (tertiary alicyclic amines) is 1. The third-order valence-electron chi connectivity index (χ3n) is 5.78. The fourth-order valence-corrected chi connectivity index (χ4v) is 4.32. The Labute approximate surface area is 149 Å². The van der Waals surface area contributed by atoms with Crippen LogP contribution in [0.2, 0.25) is 0 Å². The Hall–Kier alpha value is -1.88. The van der Waals surface area contributed by atoms with Crippen LogP contribution in [0.4, 0.5) is 0 Å². The molecule has 1 aliphatic carbocycles. The van der Waals surface area contributed by atoms with Gasteiger partial charge in [-0.15, -0.1) is 0 Å². The molecule has 2 saturated heterocycles. The van der Waals surface area contributed by atoms with Gasteiger partial charge in [0.1, 0.15) is 5.75 Å². The maximum absolute atomic E-state index is 12.9. The van der Waals surface area contributed by atoms with Crippen LogP contribution in [0.3, 0.4) is 0 Å². The predicted octanol–water partition coefficient (Wildman–Crippen LogP) is 2.97. The predicted molar refractivity (Wildman–Crippen MR) is 94.3 cm³/mol. The van der Waals surface area contributed by atoms with Crippen LogP contribution in [0.25, 0.3) is 0 Å². The highest BCUT2D eigenvalue weighted by Crippen LogP contribution is 2.41. The minimum atomic E-state index is -0.0982. The number of ether oxygens (including phenoxy) is 2. The maximum atomic E-state index is 12.9. The Kier molecular flexibility index (Phi) is 4.75. The zero-order chi connectivity index (χ0) is 17.1. The first-order valence-electron chi connectivity index (χ1n) is 9.40. The number of rotatable bonds is 4. The summed E-state index contributed by atoms with van der Waals surface area (Å²) in [5.74, 6) is 1.01. The minimum absolute atomic E-state index is 0.0982. The molecule has 3 heterocycles. The van der Waals surface area contributed by atoms with E-state index >= 15 is 0 Å². The average Bonchev–Trinajstić information content (AvgIpc) is 3.11. The quantitative estimate of drug-likeness (QED) is 0.844. The van der Waals surface area contributed by atoms with Crippen molar-refractivity contribution in [1.29, 1.82) is 0 Å². The van der Waals surface area contributed by atoms with Crippen molar-refractivity contribution >= 4 is 5.91 Å². The molecule has 0 spiro atoms. The summed E-state index contributed by atoms with van der Waals surface area (Å²) < 4.78 is 12.0. The molecule has 134 valence electrons. The Morgan fingerprint density at radius 1 is 1.44 bits per heavy atom. The number of hydrogen-bond acceptors (Lipinski definition) is 4. The molecule has 0 aromatic carbocycles. The second-order valence-electron chi connectivity index (χ2n) is 7.44. The van der Waals surface area contributed by atoms with Gasteiger partial charge in [0, 0.05) is 31.5 Å². The number of piperidine rings is 1. The van der Waals surface area contributed by atoms with E-state index in [1.54, 1.807) is 12.4 Å². The second-order valence-corrected chi connectivity index (χ2v) is 7.44. The molecule has 2 fully saturated rings. The van der Waals surface area contributed by atoms with E-state index in [2.05, 4.69) is 11.1 Å². The van der Waals surface area contributed by atoms with Crippen LogP contribution in [0, 0.1) is 5.41 Å². The molecular formula is C20H26N2O3. The van der Waals surface area contributed by atoms with Gasteiger partial charge >= 0.3 is 0 Å². The Bertz CT molecular complexity index is 646. The van der Waals surface area contributed by atoms with Crippen molar-refractivity contribution < 1.29 is 14.3 Å². The molecule has 0 N–H and O–H groups in total. The Balaban J connectivity index is 1.47. The smallest absolute Gasteiger partial charge is 0.249 e. The number of aromatic nitrogens is 1. The molecule has 5 nitrogen and oxygen atoms in total. The zero-order valence-electron chi connectivity index (χ0n) is 14.7. The lowest BCUT2D eigenvalue weighted by atomic mass is 9.77. The summed E-state index contributed by atoms with van der Waals surface area (Å²) in [6.07, 6.45) is 11.9. The van der Waals surface area contributed by atoms with Gasteiger partial charge in [0.2, 0.25) is 5.91 Å². The molecule has 5 heteroatoms. The van der Waals surface area contributed by atoms with E-state index in [-0.39, 0.29) is 17.4 Å². The van der Waals surface area contributed by atoms with Crippen molar-refractivity contribution in [2.75, 3.05) is 26.3 Å². The number of pyridine rings is 1. The van der Waals surface area contributed by atoms with E-state index in [0.29, 0.717) is 6.61 Å². The first-order valence-corrected chi connectivity index (χ1v) is 9.40. The van der Waals surface area contributed by atoms with Gasteiger partial charge in [0.15, 0.2) is 0 Å². The summed E-state index contributed by atoms with van der Waals surface area (Å²) in [6.45, 7) is 2.85. The van der Waals surface area contributed by atoms with Crippen molar-refractivity contribution in [3.8, 4) is 5.75 Å². The highest BCUT2D eigenvalue weighted by atomic mass is 16.5. The number of amides is 1. The lowest BCUT2D eigenvalue weighted by molar-refractivity contribution is -0.134. The van der Waals surface area contributed by atoms with E-state index in [1.165, 1.54) is 6.42 Å². The third-order valence-corrected chi connectivity index (χ3v) is 5.78. The van der Waals surface area contributed by atoms with E-state index < -0.39 is 0 Å². The van der Waals surface area contributed by atoms with Crippen LogP contribution < -0.4 is 4.74 Å². The SMILES string of the molecule is O=C(C1=CCCCC1)N1CC[C@H]2OCC[C@@]2(COc2cccnc2)C1. The van der Waals surface area contributed by atoms with Gasteiger partial charge in [0.25, 0.3) is 0 Å². The summed E-state index contributed by atoms with van der Waals surface area (Å²) in [4.78, 5) is 19.1. The number of carbonyl (C=O) groups excluding carboxylic acids is 1. The number of nitrogens with zero attached hydrogens (tertiary/aromatic N) is 2. The molecule has 0 bridgehead atoms. The molecule has 2 aliphatic heterocycles. The highest BCUT2D eigenvalue weighted by Gasteiger charge is 2.49. The van der Waals surface area contributed by atoms with Crippen LogP contribution in [-0.2, 0) is 9.53 Å².